The molecule has 4 heterocycles. The molecule has 9 rings (SSSR count). The molecular weight excluding hydrogens is 815 g/mol. The first-order chi connectivity index (χ1) is 31.3. The lowest BCUT2D eigenvalue weighted by molar-refractivity contribution is -0.149. The molecule has 8 atom stereocenters. The summed E-state index contributed by atoms with van der Waals surface area (Å²) in [7, 11) is 2.75. The van der Waals surface area contributed by atoms with Gasteiger partial charge in [0.25, 0.3) is 0 Å². The average Bonchev–Trinajstić information content (AvgIpc) is 4.18. The maximum Gasteiger partial charge on any atom is 0.306 e. The van der Waals surface area contributed by atoms with Crippen molar-refractivity contribution in [3.63, 3.8) is 0 Å². The largest absolute Gasteiger partial charge is 0.469 e. The molecule has 2 bridgehead atoms. The summed E-state index contributed by atoms with van der Waals surface area (Å²) in [5.41, 5.74) is 13.2. The van der Waals surface area contributed by atoms with Crippen LogP contribution in [0.2, 0.25) is 0 Å². The highest BCUT2D eigenvalue weighted by Crippen LogP contribution is 2.58. The number of benzene rings is 3. The Bertz CT molecular complexity index is 2570. The number of methoxy groups -OCH3 is 2. The fraction of sp³-hybridized carbons (Fsp3) is 0.519. The van der Waals surface area contributed by atoms with Crippen LogP contribution in [0, 0.1) is 23.7 Å². The van der Waals surface area contributed by atoms with Crippen molar-refractivity contribution in [2.75, 3.05) is 14.2 Å². The summed E-state index contributed by atoms with van der Waals surface area (Å²) < 4.78 is 9.91. The van der Waals surface area contributed by atoms with Crippen LogP contribution in [0.5, 0.6) is 0 Å². The Labute approximate surface area is 383 Å². The SMILES string of the molecule is COC(=O)CC(C(=O)N1C(C)CCC1c1nc2ccc(-c3ccc(-c4ccc(C5=CN=C([C@@H]6CCC(C)N6C(=O)C(CC(=O)OC)C(C)C)C5)cc4)c4c3C3CCC4C3)cc2[nH]1)C(C)C. The molecule has 11 nitrogen and oxygen atoms in total. The number of hydrogen-bond acceptors (Lipinski definition) is 8. The Morgan fingerprint density at radius 3 is 1.77 bits per heavy atom. The lowest BCUT2D eigenvalue weighted by atomic mass is 9.81. The van der Waals surface area contributed by atoms with Gasteiger partial charge in [-0.1, -0.05) is 70.2 Å². The molecule has 3 fully saturated rings. The van der Waals surface area contributed by atoms with Crippen LogP contribution in [0.25, 0.3) is 38.9 Å². The maximum atomic E-state index is 14.1. The van der Waals surface area contributed by atoms with Crippen LogP contribution in [-0.4, -0.2) is 81.6 Å². The minimum Gasteiger partial charge on any atom is -0.469 e. The van der Waals surface area contributed by atoms with Crippen molar-refractivity contribution >= 4 is 46.1 Å². The van der Waals surface area contributed by atoms with E-state index in [4.69, 9.17) is 19.5 Å². The number of H-pyrrole nitrogens is 1. The average molecular weight is 880 g/mol. The number of likely N-dealkylation sites (tertiary alicyclic amines) is 2. The molecule has 0 spiro atoms. The van der Waals surface area contributed by atoms with Gasteiger partial charge in [-0.2, -0.15) is 0 Å². The van der Waals surface area contributed by atoms with Crippen molar-refractivity contribution in [2.24, 2.45) is 28.7 Å². The van der Waals surface area contributed by atoms with Crippen LogP contribution in [0.1, 0.15) is 146 Å². The molecular formula is C54H65N5O6. The van der Waals surface area contributed by atoms with Gasteiger partial charge in [-0.15, -0.1) is 0 Å². The summed E-state index contributed by atoms with van der Waals surface area (Å²) in [6.07, 6.45) is 9.94. The molecule has 4 aromatic rings. The number of aliphatic imine (C=N–C) groups is 1. The number of aromatic nitrogens is 2. The van der Waals surface area contributed by atoms with Gasteiger partial charge in [0.05, 0.1) is 62.0 Å². The van der Waals surface area contributed by atoms with Gasteiger partial charge in [-0.05, 0) is 139 Å². The van der Waals surface area contributed by atoms with Crippen LogP contribution < -0.4 is 0 Å². The van der Waals surface area contributed by atoms with Crippen LogP contribution >= 0.6 is 0 Å². The molecule has 342 valence electrons. The molecule has 2 amide bonds. The first-order valence-electron chi connectivity index (χ1n) is 24.1. The standard InChI is InChI=1S/C54H65N5O6/c1-29(2)41(26-48(60)64-7)53(62)58-31(5)9-21-46(58)45-25-38(28-55-45)33-11-13-34(14-12-33)39-18-19-40(51-37-16-15-36(23-37)50(39)51)35-17-20-43-44(24-35)57-52(56-43)47-22-10-32(6)59(47)54(63)42(30(3)4)27-49(61)65-8/h11-14,17-20,24,28-32,36-37,41-42,46-47H,9-10,15-16,21-23,25-27H2,1-8H3,(H,56,57)/t31?,32?,36?,37?,41?,42?,46-,47?/m0/s1. The van der Waals surface area contributed by atoms with Crippen molar-refractivity contribution in [3.8, 4) is 22.3 Å². The Morgan fingerprint density at radius 2 is 1.20 bits per heavy atom. The van der Waals surface area contributed by atoms with E-state index in [1.807, 2.05) is 43.7 Å². The minimum atomic E-state index is -0.449. The number of hydrogen-bond donors (Lipinski definition) is 1. The van der Waals surface area contributed by atoms with Gasteiger partial charge in [-0.25, -0.2) is 4.98 Å². The van der Waals surface area contributed by atoms with Crippen LogP contribution in [-0.2, 0) is 28.7 Å². The maximum absolute atomic E-state index is 14.1. The molecule has 0 radical (unpaired) electrons. The Kier molecular flexibility index (Phi) is 12.4. The highest BCUT2D eigenvalue weighted by molar-refractivity contribution is 6.04. The first-order valence-corrected chi connectivity index (χ1v) is 24.1. The fourth-order valence-electron chi connectivity index (χ4n) is 12.0. The van der Waals surface area contributed by atoms with Crippen molar-refractivity contribution in [3.05, 3.63) is 83.3 Å². The van der Waals surface area contributed by atoms with Gasteiger partial charge in [0, 0.05) is 30.4 Å². The number of nitrogens with zero attached hydrogens (tertiary/aromatic N) is 4. The topological polar surface area (TPSA) is 134 Å². The second-order valence-electron chi connectivity index (χ2n) is 20.2. The van der Waals surface area contributed by atoms with Crippen molar-refractivity contribution in [1.82, 2.24) is 19.8 Å². The van der Waals surface area contributed by atoms with E-state index in [9.17, 15) is 19.2 Å². The lowest BCUT2D eigenvalue weighted by Gasteiger charge is -2.33. The molecule has 11 heteroatoms. The molecule has 5 aliphatic rings. The number of fused-ring (bicyclic) bond motifs is 6. The van der Waals surface area contributed by atoms with Crippen LogP contribution in [0.15, 0.2) is 65.8 Å². The number of carbonyl (C=O) groups is 4. The summed E-state index contributed by atoms with van der Waals surface area (Å²) in [5.74, 6) is 0.328. The number of rotatable bonds is 13. The van der Waals surface area contributed by atoms with Gasteiger partial charge >= 0.3 is 11.9 Å². The number of nitrogens with one attached hydrogen (secondary N) is 1. The summed E-state index contributed by atoms with van der Waals surface area (Å²) in [6.45, 7) is 12.2. The Hall–Kier alpha value is -5.58. The molecule has 3 aliphatic heterocycles. The molecule has 1 aromatic heterocycles. The summed E-state index contributed by atoms with van der Waals surface area (Å²) >= 11 is 0. The molecule has 3 aromatic carbocycles. The number of allylic oxidation sites excluding steroid dienone is 1. The van der Waals surface area contributed by atoms with E-state index in [0.29, 0.717) is 18.3 Å². The monoisotopic (exact) mass is 879 g/mol. The summed E-state index contributed by atoms with van der Waals surface area (Å²) in [5, 5.41) is 0. The molecule has 1 N–H and O–H groups in total. The van der Waals surface area contributed by atoms with E-state index in [2.05, 4.69) is 73.4 Å². The molecule has 2 aliphatic carbocycles. The van der Waals surface area contributed by atoms with Crippen molar-refractivity contribution in [2.45, 2.75) is 142 Å². The number of imidazole rings is 1. The predicted molar refractivity (Wildman–Crippen MR) is 254 cm³/mol. The Balaban J connectivity index is 0.934. The fourth-order valence-corrected chi connectivity index (χ4v) is 12.0. The third-order valence-electron chi connectivity index (χ3n) is 15.7. The van der Waals surface area contributed by atoms with Crippen molar-refractivity contribution in [1.29, 1.82) is 0 Å². The zero-order valence-corrected chi connectivity index (χ0v) is 39.4. The molecule has 1 saturated carbocycles. The van der Waals surface area contributed by atoms with E-state index in [0.717, 1.165) is 59.4 Å². The van der Waals surface area contributed by atoms with Gasteiger partial charge < -0.3 is 24.3 Å². The number of carbonyl (C=O) groups excluding carboxylic acids is 4. The highest BCUT2D eigenvalue weighted by Gasteiger charge is 2.44. The third kappa shape index (κ3) is 8.22. The van der Waals surface area contributed by atoms with E-state index in [1.54, 1.807) is 0 Å². The van der Waals surface area contributed by atoms with Gasteiger partial charge in [0.2, 0.25) is 11.8 Å². The number of ether oxygens (including phenoxy) is 2. The lowest BCUT2D eigenvalue weighted by Crippen LogP contribution is -2.48. The Morgan fingerprint density at radius 1 is 0.677 bits per heavy atom. The smallest absolute Gasteiger partial charge is 0.306 e. The summed E-state index contributed by atoms with van der Waals surface area (Å²) in [6, 6.07) is 20.0. The van der Waals surface area contributed by atoms with E-state index in [-0.39, 0.29) is 72.6 Å². The second kappa shape index (κ2) is 18.0. The molecule has 65 heavy (non-hydrogen) atoms. The molecule has 2 saturated heterocycles. The zero-order chi connectivity index (χ0) is 45.8. The van der Waals surface area contributed by atoms with Gasteiger partial charge in [-0.3, -0.25) is 24.2 Å². The first kappa shape index (κ1) is 44.6. The normalized spacial score (nSPS) is 24.5. The second-order valence-corrected chi connectivity index (χ2v) is 20.2. The van der Waals surface area contributed by atoms with Gasteiger partial charge in [0.15, 0.2) is 0 Å². The van der Waals surface area contributed by atoms with Crippen LogP contribution in [0.4, 0.5) is 0 Å². The van der Waals surface area contributed by atoms with Gasteiger partial charge in [0.1, 0.15) is 5.82 Å². The summed E-state index contributed by atoms with van der Waals surface area (Å²) in [4.78, 5) is 70.2. The highest BCUT2D eigenvalue weighted by atomic mass is 16.5. The number of esters is 2. The van der Waals surface area contributed by atoms with Crippen LogP contribution in [0.3, 0.4) is 0 Å². The number of amides is 2. The minimum absolute atomic E-state index is 0.00134. The van der Waals surface area contributed by atoms with E-state index >= 15 is 0 Å². The zero-order valence-electron chi connectivity index (χ0n) is 39.4. The van der Waals surface area contributed by atoms with Crippen molar-refractivity contribution < 1.29 is 28.7 Å². The van der Waals surface area contributed by atoms with E-state index in [1.165, 1.54) is 66.9 Å². The number of aromatic amines is 1. The predicted octanol–water partition coefficient (Wildman–Crippen LogP) is 10.5. The quantitative estimate of drug-likeness (QED) is 0.132. The van der Waals surface area contributed by atoms with E-state index < -0.39 is 11.8 Å². The third-order valence-corrected chi connectivity index (χ3v) is 15.7. The molecule has 7 unspecified atom stereocenters.